The van der Waals surface area contributed by atoms with Gasteiger partial charge in [0.2, 0.25) is 0 Å². The van der Waals surface area contributed by atoms with Crippen molar-refractivity contribution in [2.45, 2.75) is 26.8 Å². The second kappa shape index (κ2) is 4.46. The van der Waals surface area contributed by atoms with Gasteiger partial charge >= 0.3 is 0 Å². The van der Waals surface area contributed by atoms with Crippen molar-refractivity contribution >= 4 is 0 Å². The summed E-state index contributed by atoms with van der Waals surface area (Å²) in [5.41, 5.74) is 1.74. The number of nitriles is 1. The van der Waals surface area contributed by atoms with E-state index in [4.69, 9.17) is 5.26 Å². The van der Waals surface area contributed by atoms with Gasteiger partial charge in [0.25, 0.3) is 0 Å². The molecule has 1 aliphatic carbocycles. The molecule has 1 saturated carbocycles. The molecule has 17 heavy (non-hydrogen) atoms. The van der Waals surface area contributed by atoms with Gasteiger partial charge in [-0.1, -0.05) is 13.8 Å². The third kappa shape index (κ3) is 2.83. The number of rotatable bonds is 4. The first-order chi connectivity index (χ1) is 8.03. The highest BCUT2D eigenvalue weighted by Crippen LogP contribution is 2.50. The summed E-state index contributed by atoms with van der Waals surface area (Å²) in [5, 5.41) is 12.2. The van der Waals surface area contributed by atoms with E-state index in [1.807, 2.05) is 0 Å². The lowest BCUT2D eigenvalue weighted by Crippen LogP contribution is -2.18. The minimum absolute atomic E-state index is 0.285. The van der Waals surface area contributed by atoms with Crippen molar-refractivity contribution < 1.29 is 4.39 Å². The van der Waals surface area contributed by atoms with E-state index in [9.17, 15) is 4.39 Å². The topological polar surface area (TPSA) is 35.8 Å². The van der Waals surface area contributed by atoms with Gasteiger partial charge in [0, 0.05) is 6.54 Å². The van der Waals surface area contributed by atoms with Crippen molar-refractivity contribution in [2.24, 2.45) is 11.3 Å². The molecule has 2 nitrogen and oxygen atoms in total. The lowest BCUT2D eigenvalue weighted by molar-refractivity contribution is 0.518. The van der Waals surface area contributed by atoms with Gasteiger partial charge in [-0.3, -0.25) is 0 Å². The summed E-state index contributed by atoms with van der Waals surface area (Å²) < 4.78 is 13.1. The van der Waals surface area contributed by atoms with Crippen LogP contribution in [0.2, 0.25) is 0 Å². The number of nitrogens with one attached hydrogen (secondary N) is 1. The number of benzene rings is 1. The van der Waals surface area contributed by atoms with E-state index in [1.54, 1.807) is 0 Å². The van der Waals surface area contributed by atoms with Gasteiger partial charge in [0.15, 0.2) is 0 Å². The summed E-state index contributed by atoms with van der Waals surface area (Å²) in [6.45, 7) is 6.01. The van der Waals surface area contributed by atoms with E-state index in [0.717, 1.165) is 12.1 Å². The molecule has 0 aliphatic heterocycles. The minimum Gasteiger partial charge on any atom is -0.312 e. The molecule has 1 N–H and O–H groups in total. The van der Waals surface area contributed by atoms with Crippen LogP contribution in [0.3, 0.4) is 0 Å². The van der Waals surface area contributed by atoms with E-state index in [1.165, 1.54) is 24.6 Å². The zero-order valence-electron chi connectivity index (χ0n) is 10.3. The van der Waals surface area contributed by atoms with E-state index < -0.39 is 0 Å². The number of halogens is 1. The van der Waals surface area contributed by atoms with E-state index in [0.29, 0.717) is 23.4 Å². The Kier molecular flexibility index (Phi) is 3.17. The average molecular weight is 232 g/mol. The fourth-order valence-corrected chi connectivity index (χ4v) is 2.12. The monoisotopic (exact) mass is 232 g/mol. The lowest BCUT2D eigenvalue weighted by Gasteiger charge is -2.07. The maximum absolute atomic E-state index is 13.1. The Hall–Kier alpha value is -1.40. The third-order valence-electron chi connectivity index (χ3n) is 3.61. The first-order valence-corrected chi connectivity index (χ1v) is 5.92. The molecule has 0 saturated heterocycles. The molecule has 3 heteroatoms. The summed E-state index contributed by atoms with van der Waals surface area (Å²) in [7, 11) is 0. The Balaban J connectivity index is 1.91. The number of nitrogens with zero attached hydrogens (tertiary/aromatic N) is 1. The highest BCUT2D eigenvalue weighted by Gasteiger charge is 2.44. The van der Waals surface area contributed by atoms with E-state index >= 15 is 0 Å². The molecule has 1 aliphatic rings. The van der Waals surface area contributed by atoms with Crippen molar-refractivity contribution in [3.05, 3.63) is 35.1 Å². The molecule has 90 valence electrons. The fourth-order valence-electron chi connectivity index (χ4n) is 2.12. The van der Waals surface area contributed by atoms with Gasteiger partial charge in [-0.25, -0.2) is 4.39 Å². The Bertz CT molecular complexity index is 460. The van der Waals surface area contributed by atoms with E-state index in [-0.39, 0.29) is 5.82 Å². The zero-order valence-corrected chi connectivity index (χ0v) is 10.3. The standard InChI is InChI=1S/C14H17FN2/c1-14(2)6-12(14)9-17-8-11-5-13(15)4-3-10(11)7-16/h3-5,12,17H,6,8-9H2,1-2H3. The Morgan fingerprint density at radius 3 is 2.82 bits per heavy atom. The van der Waals surface area contributed by atoms with Gasteiger partial charge in [0.05, 0.1) is 11.6 Å². The molecule has 1 fully saturated rings. The molecular formula is C14H17FN2. The first kappa shape index (κ1) is 12.1. The molecule has 0 aromatic heterocycles. The van der Waals surface area contributed by atoms with Crippen molar-refractivity contribution in [1.29, 1.82) is 5.26 Å². The highest BCUT2D eigenvalue weighted by atomic mass is 19.1. The second-order valence-corrected chi connectivity index (χ2v) is 5.43. The molecular weight excluding hydrogens is 215 g/mol. The number of hydrogen-bond acceptors (Lipinski definition) is 2. The predicted octanol–water partition coefficient (Wildman–Crippen LogP) is 2.83. The van der Waals surface area contributed by atoms with Crippen LogP contribution in [0.4, 0.5) is 4.39 Å². The highest BCUT2D eigenvalue weighted by molar-refractivity contribution is 5.37. The smallest absolute Gasteiger partial charge is 0.123 e. The molecule has 0 bridgehead atoms. The SMILES string of the molecule is CC1(C)CC1CNCc1cc(F)ccc1C#N. The van der Waals surface area contributed by atoms with Crippen LogP contribution >= 0.6 is 0 Å². The van der Waals surface area contributed by atoms with Gasteiger partial charge in [-0.05, 0) is 48.1 Å². The predicted molar refractivity (Wildman–Crippen MR) is 64.7 cm³/mol. The van der Waals surface area contributed by atoms with Crippen LogP contribution in [-0.2, 0) is 6.54 Å². The molecule has 2 rings (SSSR count). The Morgan fingerprint density at radius 2 is 2.24 bits per heavy atom. The molecule has 1 atom stereocenters. The zero-order chi connectivity index (χ0) is 12.5. The van der Waals surface area contributed by atoms with Crippen LogP contribution in [-0.4, -0.2) is 6.54 Å². The van der Waals surface area contributed by atoms with Crippen LogP contribution in [0.1, 0.15) is 31.4 Å². The maximum Gasteiger partial charge on any atom is 0.123 e. The molecule has 0 radical (unpaired) electrons. The summed E-state index contributed by atoms with van der Waals surface area (Å²) in [6, 6.07) is 6.38. The molecule has 0 heterocycles. The normalized spacial score (nSPS) is 20.9. The van der Waals surface area contributed by atoms with Crippen LogP contribution in [0, 0.1) is 28.5 Å². The fraction of sp³-hybridized carbons (Fsp3) is 0.500. The Morgan fingerprint density at radius 1 is 1.53 bits per heavy atom. The van der Waals surface area contributed by atoms with Crippen LogP contribution in [0.5, 0.6) is 0 Å². The molecule has 1 aromatic rings. The van der Waals surface area contributed by atoms with E-state index in [2.05, 4.69) is 25.2 Å². The third-order valence-corrected chi connectivity index (χ3v) is 3.61. The molecule has 0 spiro atoms. The number of hydrogen-bond donors (Lipinski definition) is 1. The summed E-state index contributed by atoms with van der Waals surface area (Å²) in [6.07, 6.45) is 1.24. The van der Waals surface area contributed by atoms with Crippen LogP contribution < -0.4 is 5.32 Å². The quantitative estimate of drug-likeness (QED) is 0.866. The van der Waals surface area contributed by atoms with Crippen molar-refractivity contribution in [2.75, 3.05) is 6.54 Å². The average Bonchev–Trinajstić information content (AvgIpc) is 2.87. The Labute approximate surface area is 101 Å². The summed E-state index contributed by atoms with van der Waals surface area (Å²) in [5.74, 6) is 0.425. The summed E-state index contributed by atoms with van der Waals surface area (Å²) >= 11 is 0. The minimum atomic E-state index is -0.285. The largest absolute Gasteiger partial charge is 0.312 e. The molecule has 1 unspecified atom stereocenters. The second-order valence-electron chi connectivity index (χ2n) is 5.43. The van der Waals surface area contributed by atoms with Gasteiger partial charge in [0.1, 0.15) is 5.82 Å². The molecule has 0 amide bonds. The maximum atomic E-state index is 13.1. The van der Waals surface area contributed by atoms with Gasteiger partial charge in [-0.2, -0.15) is 5.26 Å². The van der Waals surface area contributed by atoms with Crippen LogP contribution in [0.25, 0.3) is 0 Å². The molecule has 1 aromatic carbocycles. The summed E-state index contributed by atoms with van der Waals surface area (Å²) in [4.78, 5) is 0. The van der Waals surface area contributed by atoms with Gasteiger partial charge < -0.3 is 5.32 Å². The van der Waals surface area contributed by atoms with Crippen molar-refractivity contribution in [3.63, 3.8) is 0 Å². The van der Waals surface area contributed by atoms with Crippen LogP contribution in [0.15, 0.2) is 18.2 Å². The lowest BCUT2D eigenvalue weighted by atomic mass is 10.1. The van der Waals surface area contributed by atoms with Crippen molar-refractivity contribution in [3.8, 4) is 6.07 Å². The van der Waals surface area contributed by atoms with Gasteiger partial charge in [-0.15, -0.1) is 0 Å². The first-order valence-electron chi connectivity index (χ1n) is 5.92. The van der Waals surface area contributed by atoms with Crippen molar-refractivity contribution in [1.82, 2.24) is 5.32 Å².